The van der Waals surface area contributed by atoms with Crippen LogP contribution in [0.1, 0.15) is 61.0 Å². The second-order valence-electron chi connectivity index (χ2n) is 7.29. The van der Waals surface area contributed by atoms with E-state index in [4.69, 9.17) is 9.47 Å². The van der Waals surface area contributed by atoms with Crippen LogP contribution in [-0.4, -0.2) is 24.6 Å². The number of ether oxygens (including phenoxy) is 2. The second-order valence-corrected chi connectivity index (χ2v) is 7.29. The molecule has 1 unspecified atom stereocenters. The van der Waals surface area contributed by atoms with Gasteiger partial charge in [-0.15, -0.1) is 0 Å². The normalized spacial score (nSPS) is 11.6. The fraction of sp³-hybridized carbons (Fsp3) is 0.417. The first kappa shape index (κ1) is 22.5. The van der Waals surface area contributed by atoms with Crippen molar-refractivity contribution in [2.24, 2.45) is 0 Å². The molecule has 1 atom stereocenters. The first-order chi connectivity index (χ1) is 13.9. The van der Waals surface area contributed by atoms with E-state index >= 15 is 0 Å². The molecule has 0 saturated carbocycles. The van der Waals surface area contributed by atoms with E-state index in [-0.39, 0.29) is 11.9 Å². The van der Waals surface area contributed by atoms with Gasteiger partial charge in [-0.25, -0.2) is 4.79 Å². The molecule has 0 fully saturated rings. The first-order valence-electron chi connectivity index (χ1n) is 10.2. The number of esters is 1. The number of carbonyl (C=O) groups excluding carboxylic acids is 2. The van der Waals surface area contributed by atoms with Crippen LogP contribution in [-0.2, 0) is 9.53 Å². The number of unbranched alkanes of at least 4 members (excludes halogenated alkanes) is 3. The third kappa shape index (κ3) is 7.26. The van der Waals surface area contributed by atoms with E-state index in [1.807, 2.05) is 32.0 Å². The zero-order valence-corrected chi connectivity index (χ0v) is 17.8. The smallest absolute Gasteiger partial charge is 0.338 e. The van der Waals surface area contributed by atoms with Crippen LogP contribution in [0.4, 0.5) is 5.69 Å². The van der Waals surface area contributed by atoms with Crippen LogP contribution in [0.5, 0.6) is 5.75 Å². The monoisotopic (exact) mass is 397 g/mol. The van der Waals surface area contributed by atoms with Crippen LogP contribution in [0, 0.1) is 13.8 Å². The number of carbonyl (C=O) groups is 2. The lowest BCUT2D eigenvalue weighted by Gasteiger charge is -2.17. The van der Waals surface area contributed by atoms with Gasteiger partial charge in [-0.1, -0.05) is 38.3 Å². The van der Waals surface area contributed by atoms with Gasteiger partial charge < -0.3 is 14.8 Å². The lowest BCUT2D eigenvalue weighted by atomic mass is 10.1. The van der Waals surface area contributed by atoms with E-state index in [0.29, 0.717) is 23.6 Å². The lowest BCUT2D eigenvalue weighted by molar-refractivity contribution is -0.122. The molecule has 0 heterocycles. The molecular formula is C24H31NO4. The zero-order valence-electron chi connectivity index (χ0n) is 17.8. The Balaban J connectivity index is 1.85. The maximum absolute atomic E-state index is 12.4. The minimum Gasteiger partial charge on any atom is -0.481 e. The molecule has 0 radical (unpaired) electrons. The van der Waals surface area contributed by atoms with Crippen molar-refractivity contribution >= 4 is 17.6 Å². The highest BCUT2D eigenvalue weighted by Crippen LogP contribution is 2.21. The highest BCUT2D eigenvalue weighted by molar-refractivity contribution is 5.95. The van der Waals surface area contributed by atoms with Gasteiger partial charge in [0, 0.05) is 5.69 Å². The second kappa shape index (κ2) is 11.2. The van der Waals surface area contributed by atoms with Gasteiger partial charge in [0.1, 0.15) is 5.75 Å². The fourth-order valence-corrected chi connectivity index (χ4v) is 2.79. The largest absolute Gasteiger partial charge is 0.481 e. The highest BCUT2D eigenvalue weighted by Gasteiger charge is 2.16. The Hall–Kier alpha value is -2.82. The van der Waals surface area contributed by atoms with Crippen LogP contribution in [0.25, 0.3) is 0 Å². The summed E-state index contributed by atoms with van der Waals surface area (Å²) in [6.45, 7) is 8.21. The summed E-state index contributed by atoms with van der Waals surface area (Å²) in [5.41, 5.74) is 3.13. The molecule has 5 heteroatoms. The molecule has 0 aliphatic heterocycles. The van der Waals surface area contributed by atoms with Gasteiger partial charge in [0.25, 0.3) is 5.91 Å². The summed E-state index contributed by atoms with van der Waals surface area (Å²) in [7, 11) is 0. The van der Waals surface area contributed by atoms with Gasteiger partial charge in [-0.05, 0) is 68.7 Å². The van der Waals surface area contributed by atoms with Gasteiger partial charge in [0.05, 0.1) is 12.2 Å². The molecule has 0 bridgehead atoms. The predicted octanol–water partition coefficient (Wildman–Crippen LogP) is 5.45. The van der Waals surface area contributed by atoms with Crippen molar-refractivity contribution < 1.29 is 19.1 Å². The molecule has 0 aliphatic carbocycles. The Labute approximate surface area is 173 Å². The van der Waals surface area contributed by atoms with Gasteiger partial charge in [0.15, 0.2) is 6.10 Å². The summed E-state index contributed by atoms with van der Waals surface area (Å²) in [5, 5.41) is 2.81. The Morgan fingerprint density at radius 1 is 1.00 bits per heavy atom. The number of nitrogens with one attached hydrogen (secondary N) is 1. The topological polar surface area (TPSA) is 64.6 Å². The van der Waals surface area contributed by atoms with Crippen LogP contribution in [0.3, 0.4) is 0 Å². The summed E-state index contributed by atoms with van der Waals surface area (Å²) >= 11 is 0. The van der Waals surface area contributed by atoms with Crippen molar-refractivity contribution in [3.8, 4) is 5.75 Å². The Bertz CT molecular complexity index is 814. The number of amides is 1. The Morgan fingerprint density at radius 3 is 2.41 bits per heavy atom. The summed E-state index contributed by atoms with van der Waals surface area (Å²) in [6, 6.07) is 12.6. The molecule has 29 heavy (non-hydrogen) atoms. The number of benzene rings is 2. The maximum atomic E-state index is 12.4. The standard InChI is InChI=1S/C24H31NO4/c1-5-6-7-8-15-28-24(27)20-11-13-21(14-12-20)25-23(26)19(4)29-22-16-17(2)9-10-18(22)3/h9-14,16,19H,5-8,15H2,1-4H3,(H,25,26). The minimum absolute atomic E-state index is 0.253. The van der Waals surface area contributed by atoms with Gasteiger partial charge in [0.2, 0.25) is 0 Å². The number of hydrogen-bond donors (Lipinski definition) is 1. The van der Waals surface area contributed by atoms with Crippen LogP contribution < -0.4 is 10.1 Å². The van der Waals surface area contributed by atoms with Crippen molar-refractivity contribution in [1.29, 1.82) is 0 Å². The third-order valence-corrected chi connectivity index (χ3v) is 4.64. The summed E-state index contributed by atoms with van der Waals surface area (Å²) < 4.78 is 11.1. The molecule has 156 valence electrons. The summed E-state index contributed by atoms with van der Waals surface area (Å²) in [5.74, 6) is 0.104. The Kier molecular flexibility index (Phi) is 8.71. The molecule has 2 aromatic carbocycles. The van der Waals surface area contributed by atoms with Crippen molar-refractivity contribution in [2.45, 2.75) is 59.5 Å². The van der Waals surface area contributed by atoms with Crippen molar-refractivity contribution in [2.75, 3.05) is 11.9 Å². The highest BCUT2D eigenvalue weighted by atomic mass is 16.5. The number of aryl methyl sites for hydroxylation is 2. The predicted molar refractivity (Wildman–Crippen MR) is 116 cm³/mol. The SMILES string of the molecule is CCCCCCOC(=O)c1ccc(NC(=O)C(C)Oc2cc(C)ccc2C)cc1. The molecule has 1 N–H and O–H groups in total. The zero-order chi connectivity index (χ0) is 21.2. The van der Waals surface area contributed by atoms with Crippen molar-refractivity contribution in [1.82, 2.24) is 0 Å². The van der Waals surface area contributed by atoms with Gasteiger partial charge >= 0.3 is 5.97 Å². The number of anilines is 1. The number of rotatable bonds is 10. The van der Waals surface area contributed by atoms with Crippen molar-refractivity contribution in [3.05, 3.63) is 59.2 Å². The van der Waals surface area contributed by atoms with Gasteiger partial charge in [-0.3, -0.25) is 4.79 Å². The molecule has 1 amide bonds. The van der Waals surface area contributed by atoms with Crippen LogP contribution in [0.2, 0.25) is 0 Å². The summed E-state index contributed by atoms with van der Waals surface area (Å²) in [4.78, 5) is 24.5. The van der Waals surface area contributed by atoms with E-state index in [9.17, 15) is 9.59 Å². The molecule has 0 saturated heterocycles. The number of hydrogen-bond acceptors (Lipinski definition) is 4. The molecule has 5 nitrogen and oxygen atoms in total. The maximum Gasteiger partial charge on any atom is 0.338 e. The average Bonchev–Trinajstić information content (AvgIpc) is 2.71. The van der Waals surface area contributed by atoms with E-state index in [2.05, 4.69) is 12.2 Å². The molecule has 2 rings (SSSR count). The van der Waals surface area contributed by atoms with Crippen LogP contribution in [0.15, 0.2) is 42.5 Å². The van der Waals surface area contributed by atoms with Crippen molar-refractivity contribution in [3.63, 3.8) is 0 Å². The molecule has 0 aliphatic rings. The Morgan fingerprint density at radius 2 is 1.72 bits per heavy atom. The van der Waals surface area contributed by atoms with Gasteiger partial charge in [-0.2, -0.15) is 0 Å². The quantitative estimate of drug-likeness (QED) is 0.428. The molecule has 2 aromatic rings. The van der Waals surface area contributed by atoms with E-state index < -0.39 is 6.10 Å². The lowest BCUT2D eigenvalue weighted by Crippen LogP contribution is -2.30. The van der Waals surface area contributed by atoms with Crippen LogP contribution >= 0.6 is 0 Å². The summed E-state index contributed by atoms with van der Waals surface area (Å²) in [6.07, 6.45) is 3.60. The molecule has 0 aromatic heterocycles. The van der Waals surface area contributed by atoms with E-state index in [0.717, 1.165) is 36.8 Å². The average molecular weight is 398 g/mol. The fourth-order valence-electron chi connectivity index (χ4n) is 2.79. The first-order valence-corrected chi connectivity index (χ1v) is 10.2. The van der Waals surface area contributed by atoms with E-state index in [1.54, 1.807) is 31.2 Å². The molecular weight excluding hydrogens is 366 g/mol. The third-order valence-electron chi connectivity index (χ3n) is 4.64. The van der Waals surface area contributed by atoms with E-state index in [1.165, 1.54) is 0 Å². The minimum atomic E-state index is -0.650. The molecule has 0 spiro atoms.